The average Bonchev–Trinajstić information content (AvgIpc) is 2.27. The Kier molecular flexibility index (Phi) is 3.81. The minimum atomic E-state index is -0.0943. The van der Waals surface area contributed by atoms with E-state index in [0.717, 1.165) is 21.7 Å². The molecule has 1 heterocycles. The predicted octanol–water partition coefficient (Wildman–Crippen LogP) is 3.83. The molecule has 13 heavy (non-hydrogen) atoms. The molecule has 1 rings (SSSR count). The van der Waals surface area contributed by atoms with Gasteiger partial charge in [-0.25, -0.2) is 0 Å². The largest absolute Gasteiger partial charge is 0.326 e. The molecule has 0 atom stereocenters. The van der Waals surface area contributed by atoms with Gasteiger partial charge in [-0.3, -0.25) is 0 Å². The van der Waals surface area contributed by atoms with E-state index in [4.69, 9.17) is 17.3 Å². The third-order valence-corrected chi connectivity index (χ3v) is 4.25. The molecule has 0 fully saturated rings. The lowest BCUT2D eigenvalue weighted by Crippen LogP contribution is -2.32. The molecule has 0 saturated heterocycles. The van der Waals surface area contributed by atoms with Crippen molar-refractivity contribution in [1.29, 1.82) is 0 Å². The smallest absolute Gasteiger partial charge is 0.107 e. The van der Waals surface area contributed by atoms with Crippen LogP contribution in [-0.4, -0.2) is 5.54 Å². The summed E-state index contributed by atoms with van der Waals surface area (Å²) in [5, 5.41) is 0. The first-order valence-electron chi connectivity index (χ1n) is 4.11. The molecular formula is C9H13BrClNS. The highest BCUT2D eigenvalue weighted by Gasteiger charge is 2.12. The van der Waals surface area contributed by atoms with E-state index in [1.807, 2.05) is 13.8 Å². The van der Waals surface area contributed by atoms with Gasteiger partial charge in [0.2, 0.25) is 0 Å². The van der Waals surface area contributed by atoms with Gasteiger partial charge >= 0.3 is 0 Å². The van der Waals surface area contributed by atoms with E-state index in [2.05, 4.69) is 22.0 Å². The van der Waals surface area contributed by atoms with Gasteiger partial charge in [-0.2, -0.15) is 0 Å². The van der Waals surface area contributed by atoms with Crippen molar-refractivity contribution < 1.29 is 0 Å². The number of halogens is 2. The molecule has 4 heteroatoms. The fourth-order valence-corrected chi connectivity index (χ4v) is 2.75. The standard InChI is InChI=1S/C9H13BrClNS/c1-9(2,12)4-3-6-5-7(10)8(11)13-6/h5H,3-4,12H2,1-2H3. The molecule has 1 aromatic heterocycles. The van der Waals surface area contributed by atoms with E-state index in [1.165, 1.54) is 4.88 Å². The Morgan fingerprint density at radius 3 is 2.62 bits per heavy atom. The summed E-state index contributed by atoms with van der Waals surface area (Å²) in [5.74, 6) is 0. The maximum Gasteiger partial charge on any atom is 0.107 e. The van der Waals surface area contributed by atoms with Crippen LogP contribution in [0.5, 0.6) is 0 Å². The zero-order chi connectivity index (χ0) is 10.1. The summed E-state index contributed by atoms with van der Waals surface area (Å²) >= 11 is 10.9. The fourth-order valence-electron chi connectivity index (χ4n) is 0.960. The van der Waals surface area contributed by atoms with E-state index < -0.39 is 0 Å². The number of nitrogens with two attached hydrogens (primary N) is 1. The van der Waals surface area contributed by atoms with Gasteiger partial charge in [-0.15, -0.1) is 11.3 Å². The molecule has 0 saturated carbocycles. The molecule has 0 aromatic carbocycles. The molecule has 1 aromatic rings. The van der Waals surface area contributed by atoms with Gasteiger partial charge < -0.3 is 5.73 Å². The summed E-state index contributed by atoms with van der Waals surface area (Å²) in [5.41, 5.74) is 5.79. The predicted molar refractivity (Wildman–Crippen MR) is 63.6 cm³/mol. The lowest BCUT2D eigenvalue weighted by Gasteiger charge is -2.17. The average molecular weight is 283 g/mol. The van der Waals surface area contributed by atoms with Gasteiger partial charge in [-0.1, -0.05) is 11.6 Å². The van der Waals surface area contributed by atoms with Crippen molar-refractivity contribution in [2.24, 2.45) is 5.73 Å². The lowest BCUT2D eigenvalue weighted by molar-refractivity contribution is 0.478. The highest BCUT2D eigenvalue weighted by atomic mass is 79.9. The van der Waals surface area contributed by atoms with Crippen LogP contribution >= 0.6 is 38.9 Å². The molecule has 0 amide bonds. The van der Waals surface area contributed by atoms with Gasteiger partial charge in [0.05, 0.1) is 0 Å². The molecule has 0 aliphatic carbocycles. The van der Waals surface area contributed by atoms with Crippen LogP contribution in [0.4, 0.5) is 0 Å². The van der Waals surface area contributed by atoms with E-state index in [9.17, 15) is 0 Å². The molecule has 0 unspecified atom stereocenters. The first-order chi connectivity index (χ1) is 5.88. The van der Waals surface area contributed by atoms with Crippen LogP contribution in [0.3, 0.4) is 0 Å². The van der Waals surface area contributed by atoms with Crippen LogP contribution in [0.2, 0.25) is 4.34 Å². The normalized spacial score (nSPS) is 12.1. The number of aryl methyl sites for hydroxylation is 1. The van der Waals surface area contributed by atoms with Crippen molar-refractivity contribution in [2.75, 3.05) is 0 Å². The van der Waals surface area contributed by atoms with Gasteiger partial charge in [0.15, 0.2) is 0 Å². The molecule has 0 aliphatic heterocycles. The zero-order valence-corrected chi connectivity index (χ0v) is 10.9. The van der Waals surface area contributed by atoms with Crippen molar-refractivity contribution in [3.05, 3.63) is 19.8 Å². The van der Waals surface area contributed by atoms with Crippen molar-refractivity contribution in [3.63, 3.8) is 0 Å². The minimum absolute atomic E-state index is 0.0943. The van der Waals surface area contributed by atoms with Gasteiger partial charge in [0.1, 0.15) is 4.34 Å². The Bertz CT molecular complexity index is 271. The molecule has 2 N–H and O–H groups in total. The highest BCUT2D eigenvalue weighted by molar-refractivity contribution is 9.10. The van der Waals surface area contributed by atoms with Crippen LogP contribution < -0.4 is 5.73 Å². The fraction of sp³-hybridized carbons (Fsp3) is 0.556. The lowest BCUT2D eigenvalue weighted by atomic mass is 10.00. The summed E-state index contributed by atoms with van der Waals surface area (Å²) in [6, 6.07) is 2.07. The van der Waals surface area contributed by atoms with Crippen molar-refractivity contribution >= 4 is 38.9 Å². The molecule has 0 spiro atoms. The van der Waals surface area contributed by atoms with Crippen molar-refractivity contribution in [2.45, 2.75) is 32.2 Å². The van der Waals surface area contributed by atoms with Gasteiger partial charge in [0, 0.05) is 14.9 Å². The molecule has 1 nitrogen and oxygen atoms in total. The third kappa shape index (κ3) is 3.98. The van der Waals surface area contributed by atoms with Crippen molar-refractivity contribution in [1.82, 2.24) is 0 Å². The molecule has 0 bridgehead atoms. The Balaban J connectivity index is 2.56. The second-order valence-electron chi connectivity index (χ2n) is 3.82. The van der Waals surface area contributed by atoms with Crippen LogP contribution in [0, 0.1) is 0 Å². The van der Waals surface area contributed by atoms with E-state index >= 15 is 0 Å². The second-order valence-corrected chi connectivity index (χ2v) is 6.42. The Labute approximate surface area is 96.4 Å². The topological polar surface area (TPSA) is 26.0 Å². The number of hydrogen-bond donors (Lipinski definition) is 1. The van der Waals surface area contributed by atoms with Crippen LogP contribution in [0.1, 0.15) is 25.1 Å². The first-order valence-corrected chi connectivity index (χ1v) is 6.10. The molecular weight excluding hydrogens is 270 g/mol. The van der Waals surface area contributed by atoms with Gasteiger partial charge in [0.25, 0.3) is 0 Å². The van der Waals surface area contributed by atoms with E-state index in [0.29, 0.717) is 0 Å². The monoisotopic (exact) mass is 281 g/mol. The Hall–Kier alpha value is 0.430. The quantitative estimate of drug-likeness (QED) is 0.896. The minimum Gasteiger partial charge on any atom is -0.326 e. The van der Waals surface area contributed by atoms with Crippen LogP contribution in [0.15, 0.2) is 10.5 Å². The number of hydrogen-bond acceptors (Lipinski definition) is 2. The zero-order valence-electron chi connectivity index (χ0n) is 7.73. The highest BCUT2D eigenvalue weighted by Crippen LogP contribution is 2.32. The summed E-state index contributed by atoms with van der Waals surface area (Å²) in [4.78, 5) is 1.29. The van der Waals surface area contributed by atoms with Gasteiger partial charge in [-0.05, 0) is 48.7 Å². The summed E-state index contributed by atoms with van der Waals surface area (Å²) in [6.45, 7) is 4.08. The Morgan fingerprint density at radius 1 is 1.62 bits per heavy atom. The summed E-state index contributed by atoms with van der Waals surface area (Å²) in [7, 11) is 0. The van der Waals surface area contributed by atoms with E-state index in [-0.39, 0.29) is 5.54 Å². The SMILES string of the molecule is CC(C)(N)CCc1cc(Br)c(Cl)s1. The third-order valence-electron chi connectivity index (χ3n) is 1.71. The first kappa shape index (κ1) is 11.5. The summed E-state index contributed by atoms with van der Waals surface area (Å²) < 4.78 is 1.81. The molecule has 0 aliphatic rings. The van der Waals surface area contributed by atoms with Crippen LogP contribution in [0.25, 0.3) is 0 Å². The Morgan fingerprint density at radius 2 is 2.23 bits per heavy atom. The number of thiophene rings is 1. The number of rotatable bonds is 3. The second kappa shape index (κ2) is 4.30. The van der Waals surface area contributed by atoms with Crippen LogP contribution in [-0.2, 0) is 6.42 Å². The summed E-state index contributed by atoms with van der Waals surface area (Å²) in [6.07, 6.45) is 1.98. The molecule has 74 valence electrons. The molecule has 0 radical (unpaired) electrons. The van der Waals surface area contributed by atoms with Crippen molar-refractivity contribution in [3.8, 4) is 0 Å². The maximum absolute atomic E-state index is 5.92. The maximum atomic E-state index is 5.92. The van der Waals surface area contributed by atoms with E-state index in [1.54, 1.807) is 11.3 Å².